The Morgan fingerprint density at radius 2 is 1.65 bits per heavy atom. The number of anilines is 1. The molecule has 3 aromatic rings. The third-order valence-corrected chi connectivity index (χ3v) is 5.78. The molecule has 6 nitrogen and oxygen atoms in total. The maximum absolute atomic E-state index is 12.1. The van der Waals surface area contributed by atoms with Crippen molar-refractivity contribution in [3.8, 4) is 0 Å². The number of fused-ring (bicyclic) bond motifs is 1. The fourth-order valence-electron chi connectivity index (χ4n) is 4.03. The third kappa shape index (κ3) is 7.04. The van der Waals surface area contributed by atoms with Crippen LogP contribution in [0.4, 0.5) is 5.69 Å². The Balaban J connectivity index is 0.00000324. The summed E-state index contributed by atoms with van der Waals surface area (Å²) in [6.45, 7) is 2.40. The number of benzene rings is 3. The Bertz CT molecular complexity index is 1100. The van der Waals surface area contributed by atoms with Crippen molar-refractivity contribution < 1.29 is 9.53 Å². The highest BCUT2D eigenvalue weighted by atomic mass is 127. The zero-order chi connectivity index (χ0) is 22.9. The molecular weight excluding hydrogens is 539 g/mol. The van der Waals surface area contributed by atoms with Crippen molar-refractivity contribution >= 4 is 41.5 Å². The van der Waals surface area contributed by atoms with Crippen LogP contribution < -0.4 is 16.0 Å². The second-order valence-corrected chi connectivity index (χ2v) is 8.09. The van der Waals surface area contributed by atoms with Gasteiger partial charge in [-0.05, 0) is 28.3 Å². The van der Waals surface area contributed by atoms with Crippen LogP contribution in [-0.4, -0.2) is 25.5 Å². The first-order chi connectivity index (χ1) is 16.2. The molecule has 34 heavy (non-hydrogen) atoms. The average Bonchev–Trinajstić information content (AvgIpc) is 2.85. The van der Waals surface area contributed by atoms with E-state index in [1.54, 1.807) is 7.05 Å². The minimum Gasteiger partial charge on any atom is -0.372 e. The van der Waals surface area contributed by atoms with Crippen LogP contribution in [0, 0.1) is 0 Å². The molecule has 0 radical (unpaired) electrons. The van der Waals surface area contributed by atoms with Gasteiger partial charge in [0.25, 0.3) is 0 Å². The largest absolute Gasteiger partial charge is 0.372 e. The number of aliphatic imine (C=N–C) groups is 1. The Labute approximate surface area is 218 Å². The summed E-state index contributed by atoms with van der Waals surface area (Å²) in [5, 5.41) is 9.72. The van der Waals surface area contributed by atoms with E-state index in [1.165, 1.54) is 0 Å². The zero-order valence-electron chi connectivity index (χ0n) is 19.3. The summed E-state index contributed by atoms with van der Waals surface area (Å²) in [6.07, 6.45) is 0.461. The molecule has 3 N–H and O–H groups in total. The molecule has 1 atom stereocenters. The summed E-state index contributed by atoms with van der Waals surface area (Å²) in [5.41, 5.74) is 5.52. The maximum Gasteiger partial charge on any atom is 0.225 e. The second-order valence-electron chi connectivity index (χ2n) is 8.09. The van der Waals surface area contributed by atoms with E-state index in [9.17, 15) is 4.79 Å². The first kappa shape index (κ1) is 25.7. The van der Waals surface area contributed by atoms with Gasteiger partial charge >= 0.3 is 0 Å². The molecule has 7 heteroatoms. The quantitative estimate of drug-likeness (QED) is 0.207. The number of nitrogens with one attached hydrogen (secondary N) is 3. The van der Waals surface area contributed by atoms with Crippen LogP contribution in [-0.2, 0) is 29.3 Å². The lowest BCUT2D eigenvalue weighted by Gasteiger charge is -2.26. The summed E-state index contributed by atoms with van der Waals surface area (Å²) in [7, 11) is 1.76. The van der Waals surface area contributed by atoms with Gasteiger partial charge in [-0.3, -0.25) is 9.79 Å². The van der Waals surface area contributed by atoms with Gasteiger partial charge in [0.15, 0.2) is 5.96 Å². The minimum absolute atomic E-state index is 0. The summed E-state index contributed by atoms with van der Waals surface area (Å²) in [6, 6.07) is 26.4. The van der Waals surface area contributed by atoms with Crippen LogP contribution >= 0.6 is 24.0 Å². The first-order valence-electron chi connectivity index (χ1n) is 11.2. The van der Waals surface area contributed by atoms with Crippen LogP contribution in [0.3, 0.4) is 0 Å². The van der Waals surface area contributed by atoms with Gasteiger partial charge in [-0.15, -0.1) is 24.0 Å². The van der Waals surface area contributed by atoms with Crippen molar-refractivity contribution in [3.05, 3.63) is 101 Å². The molecule has 3 aromatic carbocycles. The first-order valence-corrected chi connectivity index (χ1v) is 11.2. The Hall–Kier alpha value is -2.91. The van der Waals surface area contributed by atoms with Crippen molar-refractivity contribution in [1.82, 2.24) is 10.6 Å². The van der Waals surface area contributed by atoms with E-state index in [0.29, 0.717) is 38.7 Å². The lowest BCUT2D eigenvalue weighted by atomic mass is 9.90. The summed E-state index contributed by atoms with van der Waals surface area (Å²) in [4.78, 5) is 16.4. The molecule has 0 aliphatic carbocycles. The molecule has 0 bridgehead atoms. The van der Waals surface area contributed by atoms with Gasteiger partial charge in [0, 0.05) is 38.2 Å². The third-order valence-electron chi connectivity index (χ3n) is 5.78. The van der Waals surface area contributed by atoms with E-state index in [-0.39, 0.29) is 35.8 Å². The highest BCUT2D eigenvalue weighted by Gasteiger charge is 2.24. The van der Waals surface area contributed by atoms with Gasteiger partial charge in [-0.25, -0.2) is 0 Å². The van der Waals surface area contributed by atoms with E-state index in [2.05, 4.69) is 51.3 Å². The van der Waals surface area contributed by atoms with E-state index < -0.39 is 0 Å². The Morgan fingerprint density at radius 1 is 0.941 bits per heavy atom. The van der Waals surface area contributed by atoms with Crippen LogP contribution in [0.2, 0.25) is 0 Å². The molecular formula is C27H31IN4O2. The van der Waals surface area contributed by atoms with E-state index >= 15 is 0 Å². The van der Waals surface area contributed by atoms with Crippen LogP contribution in [0.25, 0.3) is 0 Å². The van der Waals surface area contributed by atoms with Gasteiger partial charge < -0.3 is 20.7 Å². The predicted octanol–water partition coefficient (Wildman–Crippen LogP) is 4.81. The topological polar surface area (TPSA) is 74.8 Å². The number of amides is 1. The number of nitrogens with zero attached hydrogens (tertiary/aromatic N) is 1. The number of hydrogen-bond donors (Lipinski definition) is 3. The molecule has 0 spiro atoms. The van der Waals surface area contributed by atoms with Gasteiger partial charge in [0.1, 0.15) is 0 Å². The number of hydrogen-bond acceptors (Lipinski definition) is 3. The molecule has 1 aliphatic heterocycles. The van der Waals surface area contributed by atoms with Crippen molar-refractivity contribution in [2.45, 2.75) is 32.1 Å². The molecule has 4 rings (SSSR count). The fraction of sp³-hybridized carbons (Fsp3) is 0.259. The van der Waals surface area contributed by atoms with Crippen LogP contribution in [0.1, 0.15) is 34.6 Å². The summed E-state index contributed by atoms with van der Waals surface area (Å²) < 4.78 is 5.94. The van der Waals surface area contributed by atoms with E-state index in [0.717, 1.165) is 27.9 Å². The van der Waals surface area contributed by atoms with Crippen molar-refractivity contribution in [1.29, 1.82) is 0 Å². The molecule has 0 fully saturated rings. The lowest BCUT2D eigenvalue weighted by molar-refractivity contribution is -0.116. The second kappa shape index (κ2) is 13.1. The molecule has 178 valence electrons. The molecule has 0 saturated heterocycles. The van der Waals surface area contributed by atoms with Crippen LogP contribution in [0.15, 0.2) is 83.9 Å². The van der Waals surface area contributed by atoms with Gasteiger partial charge in [-0.1, -0.05) is 72.8 Å². The van der Waals surface area contributed by atoms with Gasteiger partial charge in [-0.2, -0.15) is 0 Å². The number of ether oxygens (including phenoxy) is 1. The maximum atomic E-state index is 12.1. The highest BCUT2D eigenvalue weighted by molar-refractivity contribution is 14.0. The predicted molar refractivity (Wildman–Crippen MR) is 147 cm³/mol. The normalized spacial score (nSPS) is 15.0. The number of guanidine groups is 1. The zero-order valence-corrected chi connectivity index (χ0v) is 21.6. The number of para-hydroxylation sites is 1. The SMILES string of the molecule is CN=C(NCc1ccccc1COCc1ccccc1)NCC1CC(=O)Nc2ccccc21.I. The number of carbonyl (C=O) groups excluding carboxylic acids is 1. The molecule has 0 aromatic heterocycles. The van der Waals surface area contributed by atoms with E-state index in [4.69, 9.17) is 4.74 Å². The number of halogens is 1. The summed E-state index contributed by atoms with van der Waals surface area (Å²) >= 11 is 0. The molecule has 1 heterocycles. The molecule has 0 saturated carbocycles. The smallest absolute Gasteiger partial charge is 0.225 e. The monoisotopic (exact) mass is 570 g/mol. The minimum atomic E-state index is 0. The van der Waals surface area contributed by atoms with Gasteiger partial charge in [0.05, 0.1) is 13.2 Å². The average molecular weight is 570 g/mol. The summed E-state index contributed by atoms with van der Waals surface area (Å²) in [5.74, 6) is 0.860. The van der Waals surface area contributed by atoms with Gasteiger partial charge in [0.2, 0.25) is 5.91 Å². The molecule has 1 aliphatic rings. The molecule has 1 amide bonds. The van der Waals surface area contributed by atoms with Crippen molar-refractivity contribution in [2.75, 3.05) is 18.9 Å². The molecule has 1 unspecified atom stereocenters. The van der Waals surface area contributed by atoms with E-state index in [1.807, 2.05) is 48.5 Å². The van der Waals surface area contributed by atoms with Crippen molar-refractivity contribution in [2.24, 2.45) is 4.99 Å². The Morgan fingerprint density at radius 3 is 2.44 bits per heavy atom. The number of rotatable bonds is 8. The van der Waals surface area contributed by atoms with Crippen LogP contribution in [0.5, 0.6) is 0 Å². The lowest BCUT2D eigenvalue weighted by Crippen LogP contribution is -2.40. The highest BCUT2D eigenvalue weighted by Crippen LogP contribution is 2.31. The number of carbonyl (C=O) groups is 1. The fourth-order valence-corrected chi connectivity index (χ4v) is 4.03. The van der Waals surface area contributed by atoms with Crippen molar-refractivity contribution in [3.63, 3.8) is 0 Å². The Kier molecular flexibility index (Phi) is 9.90. The standard InChI is InChI=1S/C27H30N4O2.HI/c1-28-27(30-17-23-15-26(32)31-25-14-8-7-13-24(23)25)29-16-21-11-5-6-12-22(21)19-33-18-20-9-3-2-4-10-20;/h2-14,23H,15-19H2,1H3,(H,31,32)(H2,28,29,30);1H.